The van der Waals surface area contributed by atoms with E-state index >= 15 is 0 Å². The molecule has 2 aliphatic rings. The molecule has 0 amide bonds. The van der Waals surface area contributed by atoms with Crippen molar-refractivity contribution in [2.75, 3.05) is 6.54 Å². The maximum Gasteiger partial charge on any atom is 0.433 e. The van der Waals surface area contributed by atoms with Crippen LogP contribution in [0.15, 0.2) is 64.8 Å². The Balaban J connectivity index is 1.55. The summed E-state index contributed by atoms with van der Waals surface area (Å²) in [6, 6.07) is 12.1. The fourth-order valence-electron chi connectivity index (χ4n) is 2.88. The van der Waals surface area contributed by atoms with E-state index in [0.717, 1.165) is 17.3 Å². The van der Waals surface area contributed by atoms with Crippen LogP contribution in [0.3, 0.4) is 0 Å². The predicted molar refractivity (Wildman–Crippen MR) is 105 cm³/mol. The monoisotopic (exact) mass is 449 g/mol. The van der Waals surface area contributed by atoms with E-state index in [4.69, 9.17) is 0 Å². The van der Waals surface area contributed by atoms with Gasteiger partial charge in [0.2, 0.25) is 0 Å². The molecule has 1 atom stereocenters. The van der Waals surface area contributed by atoms with Gasteiger partial charge < -0.3 is 10.2 Å². The average Bonchev–Trinajstić information content (AvgIpc) is 3.07. The van der Waals surface area contributed by atoms with Crippen molar-refractivity contribution in [3.05, 3.63) is 71.7 Å². The van der Waals surface area contributed by atoms with E-state index in [0.29, 0.717) is 23.8 Å². The number of alkyl halides is 4. The van der Waals surface area contributed by atoms with Gasteiger partial charge in [-0.2, -0.15) is 13.2 Å². The topological polar surface area (TPSA) is 52.9 Å². The third-order valence-corrected chi connectivity index (χ3v) is 5.02. The summed E-state index contributed by atoms with van der Waals surface area (Å²) in [7, 11) is 0. The molecule has 144 valence electrons. The second-order valence-corrected chi connectivity index (χ2v) is 7.31. The van der Waals surface area contributed by atoms with Crippen LogP contribution in [-0.4, -0.2) is 33.1 Å². The highest BCUT2D eigenvalue weighted by molar-refractivity contribution is 9.09. The molecule has 5 nitrogen and oxygen atoms in total. The zero-order valence-corrected chi connectivity index (χ0v) is 16.1. The summed E-state index contributed by atoms with van der Waals surface area (Å²) in [5.74, 6) is 1.27. The number of hydrogen-bond donors (Lipinski definition) is 1. The number of rotatable bonds is 3. The Kier molecular flexibility index (Phi) is 4.92. The van der Waals surface area contributed by atoms with Crippen LogP contribution in [0.5, 0.6) is 0 Å². The van der Waals surface area contributed by atoms with Crippen molar-refractivity contribution < 1.29 is 13.2 Å². The highest BCUT2D eigenvalue weighted by Crippen LogP contribution is 2.28. The summed E-state index contributed by atoms with van der Waals surface area (Å²) in [5.41, 5.74) is 1.45. The van der Waals surface area contributed by atoms with E-state index in [9.17, 15) is 13.2 Å². The summed E-state index contributed by atoms with van der Waals surface area (Å²) in [4.78, 5) is 14.7. The first kappa shape index (κ1) is 18.7. The zero-order valence-electron chi connectivity index (χ0n) is 14.5. The molecule has 2 aromatic rings. The summed E-state index contributed by atoms with van der Waals surface area (Å²) in [5, 5.41) is 3.18. The number of hydrogen-bond acceptors (Lipinski definition) is 5. The highest BCUT2D eigenvalue weighted by Gasteiger charge is 2.33. The summed E-state index contributed by atoms with van der Waals surface area (Å²) in [6.45, 7) is 0.863. The van der Waals surface area contributed by atoms with Crippen LogP contribution in [0.25, 0.3) is 5.70 Å². The second kappa shape index (κ2) is 7.38. The SMILES string of the molecule is FC(F)(F)c1ccc(CNC2=NC(c3ccccc3)=CN3C2=NCC3Br)cn1. The lowest BCUT2D eigenvalue weighted by atomic mass is 10.1. The van der Waals surface area contributed by atoms with Gasteiger partial charge in [0, 0.05) is 24.5 Å². The van der Waals surface area contributed by atoms with Gasteiger partial charge in [0.15, 0.2) is 11.7 Å². The number of benzene rings is 1. The normalized spacial score (nSPS) is 18.9. The number of aromatic nitrogens is 1. The van der Waals surface area contributed by atoms with Crippen LogP contribution < -0.4 is 5.32 Å². The maximum atomic E-state index is 12.7. The standard InChI is InChI=1S/C19H15BrF3N5/c20-16-10-26-18-17(25-9-12-6-7-15(24-8-12)19(21,22)23)27-14(11-28(16)18)13-4-2-1-3-5-13/h1-8,11,16H,9-10H2,(H,25,27). The van der Waals surface area contributed by atoms with Crippen LogP contribution in [0.4, 0.5) is 13.2 Å². The molecule has 0 saturated carbocycles. The van der Waals surface area contributed by atoms with Crippen LogP contribution in [0.1, 0.15) is 16.8 Å². The van der Waals surface area contributed by atoms with E-state index < -0.39 is 11.9 Å². The van der Waals surface area contributed by atoms with Gasteiger partial charge in [0.1, 0.15) is 10.6 Å². The smallest absolute Gasteiger partial charge is 0.363 e. The molecule has 0 saturated heterocycles. The molecule has 4 rings (SSSR count). The molecule has 0 aliphatic carbocycles. The first-order valence-electron chi connectivity index (χ1n) is 8.51. The van der Waals surface area contributed by atoms with Crippen LogP contribution in [0.2, 0.25) is 0 Å². The van der Waals surface area contributed by atoms with Gasteiger partial charge in [-0.05, 0) is 11.6 Å². The summed E-state index contributed by atoms with van der Waals surface area (Å²) < 4.78 is 38.0. The van der Waals surface area contributed by atoms with Crippen molar-refractivity contribution in [1.82, 2.24) is 15.2 Å². The van der Waals surface area contributed by atoms with Crippen molar-refractivity contribution in [2.24, 2.45) is 9.98 Å². The fraction of sp³-hybridized carbons (Fsp3) is 0.211. The van der Waals surface area contributed by atoms with Crippen molar-refractivity contribution in [3.8, 4) is 0 Å². The predicted octanol–water partition coefficient (Wildman–Crippen LogP) is 4.04. The molecule has 1 aromatic carbocycles. The lowest BCUT2D eigenvalue weighted by Crippen LogP contribution is -2.42. The zero-order chi connectivity index (χ0) is 19.7. The molecule has 1 aromatic heterocycles. The third-order valence-electron chi connectivity index (χ3n) is 4.29. The number of halogens is 4. The summed E-state index contributed by atoms with van der Waals surface area (Å²) >= 11 is 3.60. The van der Waals surface area contributed by atoms with Gasteiger partial charge in [-0.1, -0.05) is 52.3 Å². The minimum Gasteiger partial charge on any atom is -0.363 e. The van der Waals surface area contributed by atoms with E-state index in [1.165, 1.54) is 12.3 Å². The minimum atomic E-state index is -4.45. The van der Waals surface area contributed by atoms with E-state index in [1.54, 1.807) is 0 Å². The van der Waals surface area contributed by atoms with Gasteiger partial charge in [-0.3, -0.25) is 9.98 Å². The summed E-state index contributed by atoms with van der Waals surface area (Å²) in [6.07, 6.45) is -1.29. The minimum absolute atomic E-state index is 0.0289. The van der Waals surface area contributed by atoms with Gasteiger partial charge in [0.05, 0.1) is 12.2 Å². The van der Waals surface area contributed by atoms with Crippen LogP contribution >= 0.6 is 15.9 Å². The lowest BCUT2D eigenvalue weighted by molar-refractivity contribution is -0.141. The molecule has 0 radical (unpaired) electrons. The van der Waals surface area contributed by atoms with Gasteiger partial charge in [-0.15, -0.1) is 0 Å². The number of fused-ring (bicyclic) bond motifs is 1. The van der Waals surface area contributed by atoms with Crippen molar-refractivity contribution in [3.63, 3.8) is 0 Å². The van der Waals surface area contributed by atoms with Crippen molar-refractivity contribution >= 4 is 33.3 Å². The number of amidine groups is 2. The molecular weight excluding hydrogens is 435 g/mol. The molecule has 3 heterocycles. The molecule has 1 unspecified atom stereocenters. The maximum absolute atomic E-state index is 12.7. The fourth-order valence-corrected chi connectivity index (χ4v) is 3.34. The number of aliphatic imine (C=N–C) groups is 2. The van der Waals surface area contributed by atoms with Gasteiger partial charge in [-0.25, -0.2) is 4.99 Å². The van der Waals surface area contributed by atoms with Crippen molar-refractivity contribution in [2.45, 2.75) is 17.7 Å². The molecule has 2 aliphatic heterocycles. The van der Waals surface area contributed by atoms with Crippen LogP contribution in [-0.2, 0) is 12.7 Å². The Labute approximate surface area is 167 Å². The molecule has 0 bridgehead atoms. The number of nitrogens with zero attached hydrogens (tertiary/aromatic N) is 4. The Morgan fingerprint density at radius 3 is 2.61 bits per heavy atom. The van der Waals surface area contributed by atoms with E-state index in [-0.39, 0.29) is 11.5 Å². The second-order valence-electron chi connectivity index (χ2n) is 6.25. The molecular formula is C19H15BrF3N5. The molecule has 0 spiro atoms. The Morgan fingerprint density at radius 2 is 1.93 bits per heavy atom. The quantitative estimate of drug-likeness (QED) is 0.568. The van der Waals surface area contributed by atoms with Crippen LogP contribution in [0, 0.1) is 0 Å². The van der Waals surface area contributed by atoms with E-state index in [2.05, 4.69) is 36.2 Å². The number of pyridine rings is 1. The first-order valence-corrected chi connectivity index (χ1v) is 9.42. The number of nitrogens with one attached hydrogen (secondary N) is 1. The van der Waals surface area contributed by atoms with E-state index in [1.807, 2.05) is 41.4 Å². The Morgan fingerprint density at radius 1 is 1.14 bits per heavy atom. The molecule has 28 heavy (non-hydrogen) atoms. The third kappa shape index (κ3) is 3.80. The largest absolute Gasteiger partial charge is 0.433 e. The Bertz CT molecular complexity index is 952. The first-order chi connectivity index (χ1) is 13.4. The molecule has 1 N–H and O–H groups in total. The Hall–Kier alpha value is -2.68. The van der Waals surface area contributed by atoms with Crippen molar-refractivity contribution in [1.29, 1.82) is 0 Å². The lowest BCUT2D eigenvalue weighted by Gasteiger charge is -2.26. The average molecular weight is 450 g/mol. The van der Waals surface area contributed by atoms with Gasteiger partial charge in [0.25, 0.3) is 0 Å². The highest BCUT2D eigenvalue weighted by atomic mass is 79.9. The van der Waals surface area contributed by atoms with Gasteiger partial charge >= 0.3 is 6.18 Å². The molecule has 9 heteroatoms. The molecule has 0 fully saturated rings.